The van der Waals surface area contributed by atoms with E-state index < -0.39 is 0 Å². The fraction of sp³-hybridized carbons (Fsp3) is 0. The zero-order chi connectivity index (χ0) is 41.4. The van der Waals surface area contributed by atoms with E-state index in [4.69, 9.17) is 0 Å². The van der Waals surface area contributed by atoms with Crippen molar-refractivity contribution in [3.8, 4) is 50.2 Å². The van der Waals surface area contributed by atoms with Crippen LogP contribution in [0.1, 0.15) is 0 Å². The lowest BCUT2D eigenvalue weighted by Crippen LogP contribution is -1.95. The molecule has 0 aliphatic heterocycles. The summed E-state index contributed by atoms with van der Waals surface area (Å²) in [5, 5.41) is 14.7. The van der Waals surface area contributed by atoms with E-state index >= 15 is 0 Å². The van der Waals surface area contributed by atoms with E-state index in [1.807, 2.05) is 12.4 Å². The van der Waals surface area contributed by atoms with Crippen molar-refractivity contribution in [2.75, 3.05) is 0 Å². The molecule has 2 heterocycles. The first-order chi connectivity index (χ1) is 31.3. The molecule has 11 aromatic carbocycles. The van der Waals surface area contributed by atoms with Crippen molar-refractivity contribution in [1.82, 2.24) is 9.55 Å². The number of hydrogen-bond donors (Lipinski definition) is 0. The van der Waals surface area contributed by atoms with Gasteiger partial charge in [0.25, 0.3) is 0 Å². The van der Waals surface area contributed by atoms with Gasteiger partial charge in [0.05, 0.1) is 11.0 Å². The molecule has 0 aliphatic rings. The van der Waals surface area contributed by atoms with Crippen LogP contribution in [0.5, 0.6) is 0 Å². The smallest absolute Gasteiger partial charge is 0.0620 e. The largest absolute Gasteiger partial charge is 0.309 e. The highest BCUT2D eigenvalue weighted by Gasteiger charge is 2.23. The highest BCUT2D eigenvalue weighted by molar-refractivity contribution is 6.29. The van der Waals surface area contributed by atoms with Gasteiger partial charge in [-0.05, 0) is 123 Å². The summed E-state index contributed by atoms with van der Waals surface area (Å²) in [6.07, 6.45) is 3.94. The van der Waals surface area contributed by atoms with Gasteiger partial charge in [-0.1, -0.05) is 188 Å². The van der Waals surface area contributed by atoms with Gasteiger partial charge in [-0.2, -0.15) is 0 Å². The second-order valence-corrected chi connectivity index (χ2v) is 16.6. The Hall–Kier alpha value is -8.33. The van der Waals surface area contributed by atoms with Crippen LogP contribution in [0.25, 0.3) is 126 Å². The molecule has 0 unspecified atom stereocenters. The van der Waals surface area contributed by atoms with Gasteiger partial charge < -0.3 is 4.57 Å². The second-order valence-electron chi connectivity index (χ2n) is 16.6. The van der Waals surface area contributed by atoms with Gasteiger partial charge in [-0.3, -0.25) is 4.98 Å². The zero-order valence-corrected chi connectivity index (χ0v) is 34.3. The first-order valence-electron chi connectivity index (χ1n) is 21.7. The monoisotopic (exact) mass is 798 g/mol. The fourth-order valence-corrected chi connectivity index (χ4v) is 10.7. The van der Waals surface area contributed by atoms with Crippen LogP contribution in [0.2, 0.25) is 0 Å². The number of benzene rings is 11. The Kier molecular flexibility index (Phi) is 7.94. The minimum absolute atomic E-state index is 1.14. The Morgan fingerprint density at radius 3 is 1.30 bits per heavy atom. The number of fused-ring (bicyclic) bond motifs is 9. The third kappa shape index (κ3) is 5.35. The van der Waals surface area contributed by atoms with Crippen molar-refractivity contribution in [2.45, 2.75) is 0 Å². The Morgan fingerprint density at radius 2 is 0.730 bits per heavy atom. The minimum atomic E-state index is 1.14. The molecule has 13 rings (SSSR count). The molecule has 2 nitrogen and oxygen atoms in total. The molecule has 0 saturated carbocycles. The topological polar surface area (TPSA) is 17.8 Å². The number of hydrogen-bond acceptors (Lipinski definition) is 1. The third-order valence-electron chi connectivity index (χ3n) is 13.2. The quantitative estimate of drug-likeness (QED) is 0.159. The van der Waals surface area contributed by atoms with Crippen LogP contribution in [0.4, 0.5) is 0 Å². The standard InChI is InChI=1S/C61H38N2/c1-4-18-39(19-5-1)57-44-25-11-12-26-45(44)58(40-20-6-2-7-21-40)52-36-41(32-33-50(52)57)59-46-27-13-15-29-48(46)60(49-30-16-14-28-47(49)59)53-37-54-55-38-62-35-34-56(55)63(42-22-8-3-9-23-42)61(54)51-31-17-10-24-43(51)53/h1-38H. The predicted octanol–water partition coefficient (Wildman–Crippen LogP) is 16.6. The maximum atomic E-state index is 4.67. The highest BCUT2D eigenvalue weighted by atomic mass is 15.0. The number of aromatic nitrogens is 2. The normalized spacial score (nSPS) is 11.8. The van der Waals surface area contributed by atoms with Crippen molar-refractivity contribution in [1.29, 1.82) is 0 Å². The Bertz CT molecular complexity index is 3880. The Labute approximate surface area is 364 Å². The zero-order valence-electron chi connectivity index (χ0n) is 34.3. The Morgan fingerprint density at radius 1 is 0.286 bits per heavy atom. The summed E-state index contributed by atoms with van der Waals surface area (Å²) >= 11 is 0. The summed E-state index contributed by atoms with van der Waals surface area (Å²) in [7, 11) is 0. The molecule has 0 bridgehead atoms. The number of nitrogens with zero attached hydrogens (tertiary/aromatic N) is 2. The van der Waals surface area contributed by atoms with Gasteiger partial charge in [0.15, 0.2) is 0 Å². The summed E-state index contributed by atoms with van der Waals surface area (Å²) in [6.45, 7) is 0. The number of rotatable bonds is 5. The van der Waals surface area contributed by atoms with Crippen molar-refractivity contribution in [2.24, 2.45) is 0 Å². The van der Waals surface area contributed by atoms with Crippen LogP contribution in [-0.4, -0.2) is 9.55 Å². The van der Waals surface area contributed by atoms with Gasteiger partial charge in [0, 0.05) is 34.2 Å². The molecule has 0 saturated heterocycles. The molecule has 2 aromatic heterocycles. The number of para-hydroxylation sites is 1. The SMILES string of the molecule is c1ccc(-c2c3ccccc3c(-c3ccccc3)c3cc(-c4c5ccccc5c(-c5cc6c7cnccc7n(-c7ccccc7)c6c6ccccc56)c5ccccc45)ccc23)cc1. The minimum Gasteiger partial charge on any atom is -0.309 e. The summed E-state index contributed by atoms with van der Waals surface area (Å²) in [4.78, 5) is 4.67. The fourth-order valence-electron chi connectivity index (χ4n) is 10.7. The summed E-state index contributed by atoms with van der Waals surface area (Å²) in [6, 6.07) is 80.3. The Balaban J connectivity index is 1.14. The molecule has 0 radical (unpaired) electrons. The van der Waals surface area contributed by atoms with E-state index in [1.165, 1.54) is 109 Å². The van der Waals surface area contributed by atoms with Crippen molar-refractivity contribution in [3.05, 3.63) is 231 Å². The lowest BCUT2D eigenvalue weighted by molar-refractivity contribution is 1.18. The molecule has 0 amide bonds. The first kappa shape index (κ1) is 35.4. The first-order valence-corrected chi connectivity index (χ1v) is 21.7. The van der Waals surface area contributed by atoms with Gasteiger partial charge in [-0.25, -0.2) is 0 Å². The van der Waals surface area contributed by atoms with Crippen molar-refractivity contribution >= 4 is 75.7 Å². The summed E-state index contributed by atoms with van der Waals surface area (Å²) in [5.74, 6) is 0. The maximum Gasteiger partial charge on any atom is 0.0620 e. The lowest BCUT2D eigenvalue weighted by atomic mass is 9.82. The van der Waals surface area contributed by atoms with E-state index in [0.717, 1.165) is 16.6 Å². The predicted molar refractivity (Wildman–Crippen MR) is 268 cm³/mol. The van der Waals surface area contributed by atoms with Crippen LogP contribution in [0.3, 0.4) is 0 Å². The van der Waals surface area contributed by atoms with Gasteiger partial charge in [-0.15, -0.1) is 0 Å². The second kappa shape index (κ2) is 14.1. The molecular formula is C61H38N2. The van der Waals surface area contributed by atoms with Crippen LogP contribution in [0.15, 0.2) is 231 Å². The van der Waals surface area contributed by atoms with E-state index in [9.17, 15) is 0 Å². The van der Waals surface area contributed by atoms with Gasteiger partial charge in [0.2, 0.25) is 0 Å². The molecule has 0 atom stereocenters. The van der Waals surface area contributed by atoms with Crippen LogP contribution < -0.4 is 0 Å². The van der Waals surface area contributed by atoms with E-state index in [1.54, 1.807) is 0 Å². The van der Waals surface area contributed by atoms with Crippen molar-refractivity contribution in [3.63, 3.8) is 0 Å². The average Bonchev–Trinajstić information content (AvgIpc) is 3.69. The molecule has 0 fully saturated rings. The van der Waals surface area contributed by atoms with Crippen molar-refractivity contribution < 1.29 is 0 Å². The van der Waals surface area contributed by atoms with Gasteiger partial charge >= 0.3 is 0 Å². The van der Waals surface area contributed by atoms with Gasteiger partial charge in [0.1, 0.15) is 0 Å². The van der Waals surface area contributed by atoms with Crippen LogP contribution in [0, 0.1) is 0 Å². The molecule has 0 spiro atoms. The average molecular weight is 799 g/mol. The molecular weight excluding hydrogens is 761 g/mol. The lowest BCUT2D eigenvalue weighted by Gasteiger charge is -2.21. The van der Waals surface area contributed by atoms with Crippen LogP contribution in [-0.2, 0) is 0 Å². The molecule has 13 aromatic rings. The van der Waals surface area contributed by atoms with E-state index in [0.29, 0.717) is 0 Å². The molecule has 0 aliphatic carbocycles. The molecule has 2 heteroatoms. The number of pyridine rings is 1. The molecule has 0 N–H and O–H groups in total. The summed E-state index contributed by atoms with van der Waals surface area (Å²) in [5.41, 5.74) is 13.4. The molecule has 292 valence electrons. The van der Waals surface area contributed by atoms with E-state index in [2.05, 4.69) is 228 Å². The molecule has 63 heavy (non-hydrogen) atoms. The van der Waals surface area contributed by atoms with E-state index in [-0.39, 0.29) is 0 Å². The summed E-state index contributed by atoms with van der Waals surface area (Å²) < 4.78 is 2.41. The third-order valence-corrected chi connectivity index (χ3v) is 13.2. The maximum absolute atomic E-state index is 4.67. The van der Waals surface area contributed by atoms with Crippen LogP contribution >= 0.6 is 0 Å². The highest BCUT2D eigenvalue weighted by Crippen LogP contribution is 2.50.